The number of hydrogen-bond acceptors (Lipinski definition) is 3. The molecule has 4 rings (SSSR count). The molecule has 0 radical (unpaired) electrons. The van der Waals surface area contributed by atoms with Crippen LogP contribution in [0.1, 0.15) is 50.1 Å². The molecule has 1 fully saturated rings. The van der Waals surface area contributed by atoms with Crippen molar-refractivity contribution in [1.29, 1.82) is 0 Å². The zero-order chi connectivity index (χ0) is 20.5. The minimum atomic E-state index is -0.133. The molecule has 0 saturated carbocycles. The van der Waals surface area contributed by atoms with Crippen LogP contribution in [0.25, 0.3) is 0 Å². The van der Waals surface area contributed by atoms with Gasteiger partial charge in [0.2, 0.25) is 0 Å². The predicted molar refractivity (Wildman–Crippen MR) is 117 cm³/mol. The summed E-state index contributed by atoms with van der Waals surface area (Å²) in [6.07, 6.45) is 3.02. The lowest BCUT2D eigenvalue weighted by molar-refractivity contribution is -0.883. The monoisotopic (exact) mass is 412 g/mol. The van der Waals surface area contributed by atoms with Crippen LogP contribution in [0.3, 0.4) is 0 Å². The van der Waals surface area contributed by atoms with Crippen LogP contribution in [0, 0.1) is 12.8 Å². The molecule has 1 aromatic heterocycles. The average molecular weight is 413 g/mol. The summed E-state index contributed by atoms with van der Waals surface area (Å²) in [5.74, 6) is 0.576. The van der Waals surface area contributed by atoms with E-state index >= 15 is 0 Å². The normalized spacial score (nSPS) is 19.7. The smallest absolute Gasteiger partial charge is 0.257 e. The van der Waals surface area contributed by atoms with Crippen LogP contribution in [0.5, 0.6) is 0 Å². The first-order valence-electron chi connectivity index (χ1n) is 10.6. The van der Waals surface area contributed by atoms with Crippen LogP contribution >= 0.6 is 11.3 Å². The number of anilines is 1. The lowest BCUT2D eigenvalue weighted by Gasteiger charge is -2.30. The van der Waals surface area contributed by atoms with Crippen molar-refractivity contribution in [1.82, 2.24) is 4.90 Å². The summed E-state index contributed by atoms with van der Waals surface area (Å²) < 4.78 is 0. The topological polar surface area (TPSA) is 53.9 Å². The fraction of sp³-hybridized carbons (Fsp3) is 0.478. The standard InChI is InChI=1S/C23H29N3O2S/c1-15-8-9-18-19(14-15)29-22(24-21(27)17-7-5-4-6-16(17)2)20(18)23(28)26-12-10-25(3)11-13-26/h4-7,15H,8-14H2,1-3H3,(H,24,27)/p+1/t15-/m1/s1. The molecule has 1 saturated heterocycles. The fourth-order valence-electron chi connectivity index (χ4n) is 4.31. The number of quaternary nitrogens is 1. The van der Waals surface area contributed by atoms with Crippen molar-refractivity contribution in [2.45, 2.75) is 33.1 Å². The number of nitrogens with one attached hydrogen (secondary N) is 2. The van der Waals surface area contributed by atoms with E-state index in [4.69, 9.17) is 0 Å². The molecule has 1 atom stereocenters. The second kappa shape index (κ2) is 8.28. The van der Waals surface area contributed by atoms with Crippen molar-refractivity contribution in [3.63, 3.8) is 0 Å². The quantitative estimate of drug-likeness (QED) is 0.814. The summed E-state index contributed by atoms with van der Waals surface area (Å²) in [5, 5.41) is 3.83. The van der Waals surface area contributed by atoms with Gasteiger partial charge in [0.05, 0.1) is 38.8 Å². The van der Waals surface area contributed by atoms with E-state index < -0.39 is 0 Å². The largest absolute Gasteiger partial charge is 0.334 e. The van der Waals surface area contributed by atoms with Gasteiger partial charge in [-0.1, -0.05) is 25.1 Å². The van der Waals surface area contributed by atoms with Crippen LogP contribution in [0.4, 0.5) is 5.00 Å². The van der Waals surface area contributed by atoms with Crippen molar-refractivity contribution in [2.75, 3.05) is 38.5 Å². The highest BCUT2D eigenvalue weighted by Gasteiger charge is 2.32. The van der Waals surface area contributed by atoms with Crippen LogP contribution < -0.4 is 10.2 Å². The first-order valence-corrected chi connectivity index (χ1v) is 11.4. The maximum atomic E-state index is 13.5. The van der Waals surface area contributed by atoms with Gasteiger partial charge in [0, 0.05) is 10.4 Å². The van der Waals surface area contributed by atoms with E-state index in [0.29, 0.717) is 11.5 Å². The number of aryl methyl sites for hydroxylation is 1. The SMILES string of the molecule is Cc1ccccc1C(=O)Nc1sc2c(c1C(=O)N1CC[NH+](C)CC1)CC[C@@H](C)C2. The van der Waals surface area contributed by atoms with Crippen LogP contribution in [-0.2, 0) is 12.8 Å². The van der Waals surface area contributed by atoms with Crippen molar-refractivity contribution >= 4 is 28.2 Å². The molecule has 29 heavy (non-hydrogen) atoms. The zero-order valence-electron chi connectivity index (χ0n) is 17.5. The van der Waals surface area contributed by atoms with E-state index in [1.165, 1.54) is 15.3 Å². The van der Waals surface area contributed by atoms with E-state index in [1.807, 2.05) is 36.1 Å². The molecule has 1 aromatic carbocycles. The van der Waals surface area contributed by atoms with Crippen LogP contribution in [-0.4, -0.2) is 49.9 Å². The van der Waals surface area contributed by atoms with E-state index in [-0.39, 0.29) is 11.8 Å². The Hall–Kier alpha value is -2.18. The molecular weight excluding hydrogens is 382 g/mol. The number of carbonyl (C=O) groups is 2. The number of nitrogens with zero attached hydrogens (tertiary/aromatic N) is 1. The third-order valence-electron chi connectivity index (χ3n) is 6.25. The maximum absolute atomic E-state index is 13.5. The van der Waals surface area contributed by atoms with Gasteiger partial charge in [-0.3, -0.25) is 9.59 Å². The highest BCUT2D eigenvalue weighted by Crippen LogP contribution is 2.40. The number of piperazine rings is 1. The van der Waals surface area contributed by atoms with E-state index in [0.717, 1.165) is 61.6 Å². The molecule has 0 bridgehead atoms. The molecule has 1 aliphatic heterocycles. The van der Waals surface area contributed by atoms with Gasteiger partial charge >= 0.3 is 0 Å². The first-order chi connectivity index (χ1) is 13.9. The van der Waals surface area contributed by atoms with Crippen LogP contribution in [0.15, 0.2) is 24.3 Å². The Morgan fingerprint density at radius 2 is 1.93 bits per heavy atom. The summed E-state index contributed by atoms with van der Waals surface area (Å²) in [6.45, 7) is 7.70. The molecular formula is C23H30N3O2S+. The molecule has 2 N–H and O–H groups in total. The molecule has 0 spiro atoms. The molecule has 2 aromatic rings. The molecule has 2 aliphatic rings. The molecule has 1 aliphatic carbocycles. The number of amides is 2. The highest BCUT2D eigenvalue weighted by molar-refractivity contribution is 7.17. The molecule has 5 nitrogen and oxygen atoms in total. The average Bonchev–Trinajstić information content (AvgIpc) is 3.05. The molecule has 6 heteroatoms. The molecule has 2 heterocycles. The lowest BCUT2D eigenvalue weighted by atomic mass is 9.88. The minimum absolute atomic E-state index is 0.0876. The van der Waals surface area contributed by atoms with Crippen molar-refractivity contribution in [2.24, 2.45) is 5.92 Å². The number of thiophene rings is 1. The maximum Gasteiger partial charge on any atom is 0.257 e. The van der Waals surface area contributed by atoms with Gasteiger partial charge in [0.15, 0.2) is 0 Å². The first kappa shape index (κ1) is 20.1. The summed E-state index contributed by atoms with van der Waals surface area (Å²) in [6, 6.07) is 7.59. The van der Waals surface area contributed by atoms with Gasteiger partial charge in [0.1, 0.15) is 5.00 Å². The molecule has 154 valence electrons. The van der Waals surface area contributed by atoms with Gasteiger partial charge in [-0.15, -0.1) is 11.3 Å². The Morgan fingerprint density at radius 1 is 1.21 bits per heavy atom. The van der Waals surface area contributed by atoms with Gasteiger partial charge in [0.25, 0.3) is 11.8 Å². The predicted octanol–water partition coefficient (Wildman–Crippen LogP) is 2.40. The van der Waals surface area contributed by atoms with Crippen LogP contribution in [0.2, 0.25) is 0 Å². The minimum Gasteiger partial charge on any atom is -0.334 e. The number of likely N-dealkylation sites (N-methyl/N-ethyl adjacent to an activating group) is 1. The van der Waals surface area contributed by atoms with Gasteiger partial charge in [-0.2, -0.15) is 0 Å². The Bertz CT molecular complexity index is 928. The summed E-state index contributed by atoms with van der Waals surface area (Å²) in [7, 11) is 2.17. The zero-order valence-corrected chi connectivity index (χ0v) is 18.3. The highest BCUT2D eigenvalue weighted by atomic mass is 32.1. The third kappa shape index (κ3) is 4.09. The molecule has 0 unspecified atom stereocenters. The third-order valence-corrected chi connectivity index (χ3v) is 7.42. The second-order valence-electron chi connectivity index (χ2n) is 8.57. The number of rotatable bonds is 3. The summed E-state index contributed by atoms with van der Waals surface area (Å²) in [5.41, 5.74) is 3.52. The lowest BCUT2D eigenvalue weighted by Crippen LogP contribution is -3.12. The summed E-state index contributed by atoms with van der Waals surface area (Å²) in [4.78, 5) is 31.2. The van der Waals surface area contributed by atoms with Gasteiger partial charge in [-0.05, 0) is 49.3 Å². The van der Waals surface area contributed by atoms with E-state index in [9.17, 15) is 9.59 Å². The van der Waals surface area contributed by atoms with Gasteiger partial charge in [-0.25, -0.2) is 0 Å². The fourth-order valence-corrected chi connectivity index (χ4v) is 5.71. The number of carbonyl (C=O) groups excluding carboxylic acids is 2. The number of fused-ring (bicyclic) bond motifs is 1. The Morgan fingerprint density at radius 3 is 2.66 bits per heavy atom. The Kier molecular flexibility index (Phi) is 5.74. The Labute approximate surface area is 176 Å². The number of hydrogen-bond donors (Lipinski definition) is 2. The van der Waals surface area contributed by atoms with E-state index in [1.54, 1.807) is 11.3 Å². The van der Waals surface area contributed by atoms with Crippen molar-refractivity contribution in [3.05, 3.63) is 51.4 Å². The van der Waals surface area contributed by atoms with Crippen molar-refractivity contribution in [3.8, 4) is 0 Å². The van der Waals surface area contributed by atoms with Crippen molar-refractivity contribution < 1.29 is 14.5 Å². The van der Waals surface area contributed by atoms with Gasteiger partial charge < -0.3 is 15.1 Å². The number of benzene rings is 1. The Balaban J connectivity index is 1.67. The molecule has 2 amide bonds. The van der Waals surface area contributed by atoms with E-state index in [2.05, 4.69) is 19.3 Å². The second-order valence-corrected chi connectivity index (χ2v) is 9.68. The summed E-state index contributed by atoms with van der Waals surface area (Å²) >= 11 is 1.60.